The van der Waals surface area contributed by atoms with Crippen molar-refractivity contribution in [3.8, 4) is 0 Å². The molecule has 0 spiro atoms. The molecule has 0 aliphatic heterocycles. The molecular weight excluding hydrogens is 288 g/mol. The highest BCUT2D eigenvalue weighted by atomic mass is 15.3. The van der Waals surface area contributed by atoms with Crippen LogP contribution in [0.5, 0.6) is 0 Å². The standard InChI is InChI=1S/C17H22N6/c1-12-7-5-6-8-14(12)16(22(3)4)10-18-15-9-13(2)21-23-11-19-20-17(15)23/h5-9,11,16,18H,10H2,1-4H3. The molecule has 2 aromatic heterocycles. The normalized spacial score (nSPS) is 12.7. The Kier molecular flexibility index (Phi) is 4.25. The van der Waals surface area contributed by atoms with Crippen molar-refractivity contribution in [3.05, 3.63) is 53.5 Å². The van der Waals surface area contributed by atoms with Crippen molar-refractivity contribution in [2.45, 2.75) is 19.9 Å². The number of aryl methyl sites for hydroxylation is 2. The number of rotatable bonds is 5. The molecule has 0 saturated heterocycles. The van der Waals surface area contributed by atoms with Crippen LogP contribution in [0.2, 0.25) is 0 Å². The van der Waals surface area contributed by atoms with Gasteiger partial charge in [-0.15, -0.1) is 10.2 Å². The topological polar surface area (TPSA) is 58.3 Å². The second-order valence-corrected chi connectivity index (χ2v) is 6.02. The van der Waals surface area contributed by atoms with Gasteiger partial charge in [0.05, 0.1) is 17.4 Å². The van der Waals surface area contributed by atoms with E-state index in [0.29, 0.717) is 0 Å². The number of fused-ring (bicyclic) bond motifs is 1. The third-order valence-electron chi connectivity index (χ3n) is 4.05. The van der Waals surface area contributed by atoms with Crippen LogP contribution < -0.4 is 5.32 Å². The van der Waals surface area contributed by atoms with Crippen LogP contribution in [-0.4, -0.2) is 45.4 Å². The fourth-order valence-electron chi connectivity index (χ4n) is 2.82. The average molecular weight is 310 g/mol. The lowest BCUT2D eigenvalue weighted by atomic mass is 10.0. The second kappa shape index (κ2) is 6.34. The van der Waals surface area contributed by atoms with Gasteiger partial charge in [-0.25, -0.2) is 0 Å². The van der Waals surface area contributed by atoms with Gasteiger partial charge in [0.2, 0.25) is 5.65 Å². The van der Waals surface area contributed by atoms with Gasteiger partial charge in [-0.1, -0.05) is 24.3 Å². The molecule has 2 heterocycles. The predicted molar refractivity (Wildman–Crippen MR) is 91.6 cm³/mol. The minimum Gasteiger partial charge on any atom is -0.380 e. The molecule has 3 rings (SSSR count). The van der Waals surface area contributed by atoms with Crippen LogP contribution in [0.15, 0.2) is 36.7 Å². The highest BCUT2D eigenvalue weighted by Crippen LogP contribution is 2.23. The number of benzene rings is 1. The zero-order chi connectivity index (χ0) is 16.4. The van der Waals surface area contributed by atoms with Gasteiger partial charge in [0.15, 0.2) is 0 Å². The minimum atomic E-state index is 0.271. The summed E-state index contributed by atoms with van der Waals surface area (Å²) in [4.78, 5) is 2.23. The van der Waals surface area contributed by atoms with Crippen molar-refractivity contribution in [1.82, 2.24) is 24.7 Å². The summed E-state index contributed by atoms with van der Waals surface area (Å²) >= 11 is 0. The van der Waals surface area contributed by atoms with Gasteiger partial charge in [0.1, 0.15) is 6.33 Å². The maximum atomic E-state index is 4.37. The first-order chi connectivity index (χ1) is 11.1. The summed E-state index contributed by atoms with van der Waals surface area (Å²) < 4.78 is 1.70. The maximum Gasteiger partial charge on any atom is 0.200 e. The molecule has 0 fully saturated rings. The highest BCUT2D eigenvalue weighted by molar-refractivity contribution is 5.66. The third kappa shape index (κ3) is 3.17. The first-order valence-electron chi connectivity index (χ1n) is 7.70. The van der Waals surface area contributed by atoms with Crippen molar-refractivity contribution in [2.24, 2.45) is 0 Å². The zero-order valence-electron chi connectivity index (χ0n) is 14.0. The molecule has 120 valence electrons. The van der Waals surface area contributed by atoms with E-state index in [-0.39, 0.29) is 6.04 Å². The molecule has 1 aromatic carbocycles. The molecule has 1 N–H and O–H groups in total. The molecule has 6 heteroatoms. The van der Waals surface area contributed by atoms with Crippen molar-refractivity contribution in [2.75, 3.05) is 26.0 Å². The van der Waals surface area contributed by atoms with Gasteiger partial charge in [-0.3, -0.25) is 0 Å². The number of anilines is 1. The lowest BCUT2D eigenvalue weighted by Gasteiger charge is -2.27. The largest absolute Gasteiger partial charge is 0.380 e. The summed E-state index contributed by atoms with van der Waals surface area (Å²) in [5.74, 6) is 0. The lowest BCUT2D eigenvalue weighted by molar-refractivity contribution is 0.311. The monoisotopic (exact) mass is 310 g/mol. The molecule has 1 unspecified atom stereocenters. The first kappa shape index (κ1) is 15.4. The smallest absolute Gasteiger partial charge is 0.200 e. The Morgan fingerprint density at radius 3 is 2.74 bits per heavy atom. The van der Waals surface area contributed by atoms with Gasteiger partial charge in [-0.05, 0) is 45.1 Å². The lowest BCUT2D eigenvalue weighted by Crippen LogP contribution is -2.27. The summed E-state index contributed by atoms with van der Waals surface area (Å²) in [5.41, 5.74) is 5.25. The van der Waals surface area contributed by atoms with Gasteiger partial charge >= 0.3 is 0 Å². The second-order valence-electron chi connectivity index (χ2n) is 6.02. The molecule has 1 atom stereocenters. The number of hydrogen-bond acceptors (Lipinski definition) is 5. The van der Waals surface area contributed by atoms with Gasteiger partial charge in [0.25, 0.3) is 0 Å². The summed E-state index contributed by atoms with van der Waals surface area (Å²) in [6, 6.07) is 10.8. The van der Waals surface area contributed by atoms with Crippen LogP contribution in [-0.2, 0) is 0 Å². The Morgan fingerprint density at radius 1 is 1.22 bits per heavy atom. The van der Waals surface area contributed by atoms with E-state index >= 15 is 0 Å². The van der Waals surface area contributed by atoms with E-state index < -0.39 is 0 Å². The number of nitrogens with zero attached hydrogens (tertiary/aromatic N) is 5. The number of aromatic nitrogens is 4. The fraction of sp³-hybridized carbons (Fsp3) is 0.353. The van der Waals surface area contributed by atoms with Gasteiger partial charge < -0.3 is 10.2 Å². The molecule has 0 amide bonds. The van der Waals surface area contributed by atoms with E-state index in [4.69, 9.17) is 0 Å². The zero-order valence-corrected chi connectivity index (χ0v) is 14.0. The molecule has 23 heavy (non-hydrogen) atoms. The van der Waals surface area contributed by atoms with Crippen molar-refractivity contribution in [3.63, 3.8) is 0 Å². The van der Waals surface area contributed by atoms with Crippen molar-refractivity contribution < 1.29 is 0 Å². The van der Waals surface area contributed by atoms with Crippen LogP contribution in [0.25, 0.3) is 5.65 Å². The van der Waals surface area contributed by atoms with E-state index in [2.05, 4.69) is 70.8 Å². The van der Waals surface area contributed by atoms with E-state index in [1.165, 1.54) is 11.1 Å². The summed E-state index contributed by atoms with van der Waals surface area (Å²) in [6.45, 7) is 4.90. The molecular formula is C17H22N6. The number of hydrogen-bond donors (Lipinski definition) is 1. The van der Waals surface area contributed by atoms with Crippen LogP contribution >= 0.6 is 0 Å². The highest BCUT2D eigenvalue weighted by Gasteiger charge is 2.17. The predicted octanol–water partition coefficient (Wildman–Crippen LogP) is 2.46. The molecule has 0 aliphatic carbocycles. The summed E-state index contributed by atoms with van der Waals surface area (Å²) in [5, 5.41) is 16.0. The maximum absolute atomic E-state index is 4.37. The first-order valence-corrected chi connectivity index (χ1v) is 7.70. The van der Waals surface area contributed by atoms with E-state index in [1.54, 1.807) is 10.8 Å². The van der Waals surface area contributed by atoms with Crippen molar-refractivity contribution >= 4 is 11.3 Å². The fourth-order valence-corrected chi connectivity index (χ4v) is 2.82. The Bertz CT molecular complexity index is 808. The third-order valence-corrected chi connectivity index (χ3v) is 4.05. The molecule has 0 radical (unpaired) electrons. The molecule has 6 nitrogen and oxygen atoms in total. The van der Waals surface area contributed by atoms with Crippen LogP contribution in [0.4, 0.5) is 5.69 Å². The Morgan fingerprint density at radius 2 is 2.00 bits per heavy atom. The quantitative estimate of drug-likeness (QED) is 0.784. The van der Waals surface area contributed by atoms with Crippen LogP contribution in [0.3, 0.4) is 0 Å². The van der Waals surface area contributed by atoms with Crippen LogP contribution in [0.1, 0.15) is 22.9 Å². The summed E-state index contributed by atoms with van der Waals surface area (Å²) in [7, 11) is 4.20. The van der Waals surface area contributed by atoms with E-state index in [1.807, 2.05) is 13.0 Å². The molecule has 3 aromatic rings. The Labute approximate surface area is 136 Å². The van der Waals surface area contributed by atoms with Gasteiger partial charge in [-0.2, -0.15) is 9.61 Å². The molecule has 0 bridgehead atoms. The number of nitrogens with one attached hydrogen (secondary N) is 1. The Hall–Kier alpha value is -2.47. The van der Waals surface area contributed by atoms with E-state index in [0.717, 1.165) is 23.6 Å². The molecule has 0 saturated carbocycles. The van der Waals surface area contributed by atoms with Gasteiger partial charge in [0, 0.05) is 6.54 Å². The summed E-state index contributed by atoms with van der Waals surface area (Å²) in [6.07, 6.45) is 1.62. The SMILES string of the molecule is Cc1cc(NCC(c2ccccc2C)N(C)C)c2nncn2n1. The Balaban J connectivity index is 1.87. The molecule has 0 aliphatic rings. The van der Waals surface area contributed by atoms with Crippen molar-refractivity contribution in [1.29, 1.82) is 0 Å². The van der Waals surface area contributed by atoms with Crippen LogP contribution in [0, 0.1) is 13.8 Å². The average Bonchev–Trinajstić information content (AvgIpc) is 2.97. The van der Waals surface area contributed by atoms with E-state index in [9.17, 15) is 0 Å². The minimum absolute atomic E-state index is 0.271. The number of likely N-dealkylation sites (N-methyl/N-ethyl adjacent to an activating group) is 1.